The van der Waals surface area contributed by atoms with E-state index in [0.29, 0.717) is 24.5 Å². The first-order chi connectivity index (χ1) is 9.74. The second-order valence-corrected chi connectivity index (χ2v) is 6.99. The number of benzene rings is 1. The normalized spacial score (nSPS) is 12.0. The lowest BCUT2D eigenvalue weighted by Crippen LogP contribution is -2.29. The summed E-state index contributed by atoms with van der Waals surface area (Å²) < 4.78 is 11.9. The lowest BCUT2D eigenvalue weighted by Gasteiger charge is -2.05. The fraction of sp³-hybridized carbons (Fsp3) is 0.267. The monoisotopic (exact) mass is 307 g/mol. The van der Waals surface area contributed by atoms with Gasteiger partial charge < -0.3 is 5.32 Å². The van der Waals surface area contributed by atoms with Crippen LogP contribution >= 0.6 is 11.3 Å². The summed E-state index contributed by atoms with van der Waals surface area (Å²) in [5.74, 6) is 1.02. The number of amides is 1. The Balaban J connectivity index is 1.65. The summed E-state index contributed by atoms with van der Waals surface area (Å²) in [7, 11) is -0.938. The molecule has 2 aromatic rings. The second-order valence-electron chi connectivity index (χ2n) is 4.38. The van der Waals surface area contributed by atoms with E-state index in [2.05, 4.69) is 5.32 Å². The maximum Gasteiger partial charge on any atom is 0.225 e. The molecule has 0 fully saturated rings. The van der Waals surface area contributed by atoms with Crippen molar-refractivity contribution in [3.8, 4) is 0 Å². The molecule has 0 spiro atoms. The van der Waals surface area contributed by atoms with Crippen molar-refractivity contribution in [3.63, 3.8) is 0 Å². The fourth-order valence-electron chi connectivity index (χ4n) is 1.77. The summed E-state index contributed by atoms with van der Waals surface area (Å²) in [4.78, 5) is 12.7. The van der Waals surface area contributed by atoms with Crippen molar-refractivity contribution < 1.29 is 9.00 Å². The van der Waals surface area contributed by atoms with Crippen LogP contribution in [0.5, 0.6) is 0 Å². The molecule has 1 heterocycles. The highest BCUT2D eigenvalue weighted by molar-refractivity contribution is 7.84. The number of carbonyl (C=O) groups is 1. The van der Waals surface area contributed by atoms with Gasteiger partial charge in [0.2, 0.25) is 5.91 Å². The van der Waals surface area contributed by atoms with E-state index in [1.165, 1.54) is 0 Å². The van der Waals surface area contributed by atoms with Crippen LogP contribution in [0.3, 0.4) is 0 Å². The van der Waals surface area contributed by atoms with Gasteiger partial charge in [0.25, 0.3) is 0 Å². The van der Waals surface area contributed by atoms with Gasteiger partial charge in [-0.1, -0.05) is 36.4 Å². The van der Waals surface area contributed by atoms with E-state index in [1.807, 2.05) is 47.8 Å². The maximum absolute atomic E-state index is 11.9. The number of thiophene rings is 1. The SMILES string of the molecule is O=C(Cc1cccs1)NCCS(=O)Cc1ccccc1. The molecule has 3 nitrogen and oxygen atoms in total. The van der Waals surface area contributed by atoms with Crippen LogP contribution in [0.1, 0.15) is 10.4 Å². The first-order valence-electron chi connectivity index (χ1n) is 6.42. The van der Waals surface area contributed by atoms with Crippen LogP contribution in [0.2, 0.25) is 0 Å². The minimum absolute atomic E-state index is 0.0100. The van der Waals surface area contributed by atoms with Gasteiger partial charge in [0.05, 0.1) is 6.42 Å². The van der Waals surface area contributed by atoms with Crippen LogP contribution in [0.15, 0.2) is 47.8 Å². The zero-order valence-electron chi connectivity index (χ0n) is 11.1. The van der Waals surface area contributed by atoms with E-state index >= 15 is 0 Å². The number of hydrogen-bond donors (Lipinski definition) is 1. The molecule has 0 radical (unpaired) electrons. The number of hydrogen-bond acceptors (Lipinski definition) is 3. The van der Waals surface area contributed by atoms with Gasteiger partial charge in [-0.25, -0.2) is 0 Å². The predicted octanol–water partition coefficient (Wildman–Crippen LogP) is 2.36. The molecular weight excluding hydrogens is 290 g/mol. The maximum atomic E-state index is 11.9. The van der Waals surface area contributed by atoms with Crippen molar-refractivity contribution in [2.75, 3.05) is 12.3 Å². The molecule has 1 amide bonds. The molecule has 1 unspecified atom stereocenters. The minimum Gasteiger partial charge on any atom is -0.355 e. The van der Waals surface area contributed by atoms with Crippen molar-refractivity contribution in [2.45, 2.75) is 12.2 Å². The van der Waals surface area contributed by atoms with E-state index in [0.717, 1.165) is 10.4 Å². The van der Waals surface area contributed by atoms with Gasteiger partial charge in [-0.05, 0) is 17.0 Å². The van der Waals surface area contributed by atoms with Gasteiger partial charge in [0.1, 0.15) is 0 Å². The van der Waals surface area contributed by atoms with Crippen molar-refractivity contribution in [3.05, 3.63) is 58.3 Å². The van der Waals surface area contributed by atoms with Crippen molar-refractivity contribution in [1.82, 2.24) is 5.32 Å². The molecule has 106 valence electrons. The van der Waals surface area contributed by atoms with Crippen LogP contribution in [0.4, 0.5) is 0 Å². The molecule has 0 aliphatic carbocycles. The quantitative estimate of drug-likeness (QED) is 0.853. The third-order valence-electron chi connectivity index (χ3n) is 2.74. The van der Waals surface area contributed by atoms with Gasteiger partial charge in [-0.3, -0.25) is 9.00 Å². The molecule has 0 saturated heterocycles. The molecule has 0 aliphatic heterocycles. The molecule has 0 saturated carbocycles. The molecule has 1 aromatic heterocycles. The van der Waals surface area contributed by atoms with Gasteiger partial charge in [-0.2, -0.15) is 0 Å². The molecule has 1 atom stereocenters. The van der Waals surface area contributed by atoms with Crippen LogP contribution < -0.4 is 5.32 Å². The largest absolute Gasteiger partial charge is 0.355 e. The smallest absolute Gasteiger partial charge is 0.225 e. The summed E-state index contributed by atoms with van der Waals surface area (Å²) in [6, 6.07) is 13.6. The minimum atomic E-state index is -0.938. The number of nitrogens with one attached hydrogen (secondary N) is 1. The van der Waals surface area contributed by atoms with Crippen LogP contribution in [-0.4, -0.2) is 22.4 Å². The molecule has 1 N–H and O–H groups in total. The highest BCUT2D eigenvalue weighted by atomic mass is 32.2. The summed E-state index contributed by atoms with van der Waals surface area (Å²) in [5, 5.41) is 4.77. The summed E-state index contributed by atoms with van der Waals surface area (Å²) >= 11 is 1.57. The zero-order valence-corrected chi connectivity index (χ0v) is 12.7. The lowest BCUT2D eigenvalue weighted by atomic mass is 10.2. The van der Waals surface area contributed by atoms with Gasteiger partial charge in [-0.15, -0.1) is 11.3 Å². The molecule has 5 heteroatoms. The van der Waals surface area contributed by atoms with E-state index in [-0.39, 0.29) is 5.91 Å². The van der Waals surface area contributed by atoms with Gasteiger partial charge >= 0.3 is 0 Å². The molecule has 1 aromatic carbocycles. The van der Waals surface area contributed by atoms with Crippen molar-refractivity contribution >= 4 is 28.0 Å². The highest BCUT2D eigenvalue weighted by Crippen LogP contribution is 2.08. The van der Waals surface area contributed by atoms with Gasteiger partial charge in [0.15, 0.2) is 0 Å². The second kappa shape index (κ2) is 7.97. The average molecular weight is 307 g/mol. The Kier molecular flexibility index (Phi) is 5.95. The topological polar surface area (TPSA) is 46.2 Å². The Morgan fingerprint density at radius 2 is 1.95 bits per heavy atom. The Morgan fingerprint density at radius 1 is 1.15 bits per heavy atom. The Bertz CT molecular complexity index is 553. The molecule has 2 rings (SSSR count). The van der Waals surface area contributed by atoms with Crippen molar-refractivity contribution in [2.24, 2.45) is 0 Å². The molecule has 0 aliphatic rings. The summed E-state index contributed by atoms with van der Waals surface area (Å²) in [6.45, 7) is 0.462. The molecule has 0 bridgehead atoms. The van der Waals surface area contributed by atoms with Crippen LogP contribution in [-0.2, 0) is 27.8 Å². The third-order valence-corrected chi connectivity index (χ3v) is 4.93. The first kappa shape index (κ1) is 14.9. The Hall–Kier alpha value is -1.46. The van der Waals surface area contributed by atoms with E-state index in [1.54, 1.807) is 11.3 Å². The van der Waals surface area contributed by atoms with Crippen molar-refractivity contribution in [1.29, 1.82) is 0 Å². The van der Waals surface area contributed by atoms with Gasteiger partial charge in [0, 0.05) is 33.7 Å². The van der Waals surface area contributed by atoms with Crippen LogP contribution in [0, 0.1) is 0 Å². The molecule has 20 heavy (non-hydrogen) atoms. The molecular formula is C15H17NO2S2. The zero-order chi connectivity index (χ0) is 14.2. The Labute approximate surface area is 125 Å². The highest BCUT2D eigenvalue weighted by Gasteiger charge is 2.05. The lowest BCUT2D eigenvalue weighted by molar-refractivity contribution is -0.120. The third kappa shape index (κ3) is 5.27. The van der Waals surface area contributed by atoms with E-state index in [4.69, 9.17) is 0 Å². The average Bonchev–Trinajstić information content (AvgIpc) is 2.92. The van der Waals surface area contributed by atoms with Crippen LogP contribution in [0.25, 0.3) is 0 Å². The first-order valence-corrected chi connectivity index (χ1v) is 8.79. The summed E-state index contributed by atoms with van der Waals surface area (Å²) in [6.07, 6.45) is 0.406. The Morgan fingerprint density at radius 3 is 2.65 bits per heavy atom. The fourth-order valence-corrected chi connectivity index (χ4v) is 3.51. The predicted molar refractivity (Wildman–Crippen MR) is 84.2 cm³/mol. The van der Waals surface area contributed by atoms with E-state index < -0.39 is 10.8 Å². The van der Waals surface area contributed by atoms with E-state index in [9.17, 15) is 9.00 Å². The summed E-state index contributed by atoms with van der Waals surface area (Å²) in [5.41, 5.74) is 1.07. The number of rotatable bonds is 7. The number of carbonyl (C=O) groups excluding carboxylic acids is 1. The standard InChI is InChI=1S/C15H17NO2S2/c17-15(11-14-7-4-9-19-14)16-8-10-20(18)12-13-5-2-1-3-6-13/h1-7,9H,8,10-12H2,(H,16,17).